The van der Waals surface area contributed by atoms with Crippen molar-refractivity contribution in [2.45, 2.75) is 45.7 Å². The Kier molecular flexibility index (Phi) is 12.2. The second-order valence-corrected chi connectivity index (χ2v) is 12.5. The normalized spacial score (nSPS) is 11.9. The van der Waals surface area contributed by atoms with Gasteiger partial charge in [0.05, 0.1) is 18.6 Å². The second-order valence-electron chi connectivity index (χ2n) is 9.67. The van der Waals surface area contributed by atoms with E-state index in [1.807, 2.05) is 61.5 Å². The quantitative estimate of drug-likeness (QED) is 0.231. The van der Waals surface area contributed by atoms with Gasteiger partial charge in [-0.05, 0) is 48.7 Å². The zero-order valence-corrected chi connectivity index (χ0v) is 26.2. The van der Waals surface area contributed by atoms with Crippen LogP contribution in [0.15, 0.2) is 83.3 Å². The number of hydrogen-bond acceptors (Lipinski definition) is 5. The van der Waals surface area contributed by atoms with E-state index in [2.05, 4.69) is 21.2 Å². The molecule has 0 aliphatic rings. The third-order valence-electron chi connectivity index (χ3n) is 6.46. The van der Waals surface area contributed by atoms with E-state index < -0.39 is 28.5 Å². The van der Waals surface area contributed by atoms with Gasteiger partial charge in [0.2, 0.25) is 21.8 Å². The molecule has 0 saturated heterocycles. The molecule has 1 atom stereocenters. The fraction of sp³-hybridized carbons (Fsp3) is 0.355. The van der Waals surface area contributed by atoms with Crippen LogP contribution in [0.1, 0.15) is 37.8 Å². The van der Waals surface area contributed by atoms with Crippen molar-refractivity contribution in [3.05, 3.63) is 94.5 Å². The SMILES string of the molecule is CCCCNC(=O)[C@H](Cc1ccccc1)N(Cc1cccc(Br)c1)C(=O)CN(c1ccccc1OCC)S(C)(=O)=O. The van der Waals surface area contributed by atoms with E-state index in [0.29, 0.717) is 18.9 Å². The highest BCUT2D eigenvalue weighted by Crippen LogP contribution is 2.30. The van der Waals surface area contributed by atoms with Crippen molar-refractivity contribution in [3.63, 3.8) is 0 Å². The number of carbonyl (C=O) groups is 2. The van der Waals surface area contributed by atoms with Crippen LogP contribution in [0.5, 0.6) is 5.75 Å². The molecule has 3 aromatic carbocycles. The minimum atomic E-state index is -3.89. The van der Waals surface area contributed by atoms with Gasteiger partial charge in [0.1, 0.15) is 18.3 Å². The van der Waals surface area contributed by atoms with Crippen molar-refractivity contribution in [1.29, 1.82) is 0 Å². The van der Waals surface area contributed by atoms with Crippen LogP contribution >= 0.6 is 15.9 Å². The molecule has 0 fully saturated rings. The zero-order chi connectivity index (χ0) is 29.8. The summed E-state index contributed by atoms with van der Waals surface area (Å²) in [5.41, 5.74) is 1.95. The number of carbonyl (C=O) groups excluding carboxylic acids is 2. The van der Waals surface area contributed by atoms with Crippen LogP contribution in [0.3, 0.4) is 0 Å². The van der Waals surface area contributed by atoms with Gasteiger partial charge in [0.15, 0.2) is 0 Å². The molecular formula is C31H38BrN3O5S. The number of nitrogens with zero attached hydrogens (tertiary/aromatic N) is 2. The molecule has 0 spiro atoms. The molecule has 0 aliphatic carbocycles. The summed E-state index contributed by atoms with van der Waals surface area (Å²) in [7, 11) is -3.89. The minimum absolute atomic E-state index is 0.113. The molecule has 10 heteroatoms. The maximum absolute atomic E-state index is 14.2. The molecule has 0 aromatic heterocycles. The van der Waals surface area contributed by atoms with Gasteiger partial charge in [-0.25, -0.2) is 8.42 Å². The van der Waals surface area contributed by atoms with Gasteiger partial charge >= 0.3 is 0 Å². The lowest BCUT2D eigenvalue weighted by atomic mass is 10.0. The van der Waals surface area contributed by atoms with E-state index in [1.165, 1.54) is 4.90 Å². The minimum Gasteiger partial charge on any atom is -0.492 e. The summed E-state index contributed by atoms with van der Waals surface area (Å²) in [6.07, 6.45) is 3.04. The van der Waals surface area contributed by atoms with Gasteiger partial charge in [-0.15, -0.1) is 0 Å². The lowest BCUT2D eigenvalue weighted by Gasteiger charge is -2.33. The van der Waals surface area contributed by atoms with Gasteiger partial charge in [-0.1, -0.05) is 83.9 Å². The number of sulfonamides is 1. The van der Waals surface area contributed by atoms with E-state index in [9.17, 15) is 18.0 Å². The average molecular weight is 645 g/mol. The van der Waals surface area contributed by atoms with E-state index in [4.69, 9.17) is 4.74 Å². The number of ether oxygens (including phenoxy) is 1. The number of halogens is 1. The fourth-order valence-electron chi connectivity index (χ4n) is 4.43. The molecule has 8 nitrogen and oxygen atoms in total. The first kappa shape index (κ1) is 32.1. The van der Waals surface area contributed by atoms with Crippen molar-refractivity contribution in [1.82, 2.24) is 10.2 Å². The number of hydrogen-bond donors (Lipinski definition) is 1. The predicted molar refractivity (Wildman–Crippen MR) is 166 cm³/mol. The van der Waals surface area contributed by atoms with Gasteiger partial charge in [0.25, 0.3) is 0 Å². The molecule has 0 saturated carbocycles. The fourth-order valence-corrected chi connectivity index (χ4v) is 5.73. The van der Waals surface area contributed by atoms with Crippen LogP contribution < -0.4 is 14.4 Å². The molecule has 0 aliphatic heterocycles. The molecule has 3 rings (SSSR count). The van der Waals surface area contributed by atoms with E-state index >= 15 is 0 Å². The van der Waals surface area contributed by atoms with Crippen molar-refractivity contribution in [2.24, 2.45) is 0 Å². The van der Waals surface area contributed by atoms with Crippen LogP contribution in [-0.4, -0.2) is 57.1 Å². The number of amides is 2. The number of anilines is 1. The first-order chi connectivity index (χ1) is 19.6. The maximum Gasteiger partial charge on any atom is 0.244 e. The highest BCUT2D eigenvalue weighted by molar-refractivity contribution is 9.10. The number of nitrogens with one attached hydrogen (secondary N) is 1. The van der Waals surface area contributed by atoms with Crippen LogP contribution in [0.25, 0.3) is 0 Å². The Bertz CT molecular complexity index is 1400. The lowest BCUT2D eigenvalue weighted by molar-refractivity contribution is -0.140. The summed E-state index contributed by atoms with van der Waals surface area (Å²) in [6, 6.07) is 22.8. The topological polar surface area (TPSA) is 96.0 Å². The first-order valence-electron chi connectivity index (χ1n) is 13.7. The molecule has 0 heterocycles. The summed E-state index contributed by atoms with van der Waals surface area (Å²) in [6.45, 7) is 4.27. The summed E-state index contributed by atoms with van der Waals surface area (Å²) in [4.78, 5) is 29.3. The summed E-state index contributed by atoms with van der Waals surface area (Å²) in [5, 5.41) is 2.98. The molecule has 41 heavy (non-hydrogen) atoms. The maximum atomic E-state index is 14.2. The number of unbranched alkanes of at least 4 members (excludes halogenated alkanes) is 1. The smallest absolute Gasteiger partial charge is 0.244 e. The molecule has 220 valence electrons. The molecule has 0 bridgehead atoms. The van der Waals surface area contributed by atoms with Crippen molar-refractivity contribution in [3.8, 4) is 5.75 Å². The Labute approximate surface area is 251 Å². The van der Waals surface area contributed by atoms with Crippen molar-refractivity contribution in [2.75, 3.05) is 30.3 Å². The largest absolute Gasteiger partial charge is 0.492 e. The second kappa shape index (κ2) is 15.6. The molecule has 3 aromatic rings. The number of para-hydroxylation sites is 2. The molecule has 0 unspecified atom stereocenters. The van der Waals surface area contributed by atoms with Gasteiger partial charge in [-0.3, -0.25) is 13.9 Å². The van der Waals surface area contributed by atoms with Crippen LogP contribution in [0.2, 0.25) is 0 Å². The number of benzene rings is 3. The summed E-state index contributed by atoms with van der Waals surface area (Å²) in [5.74, 6) is -0.440. The molecule has 0 radical (unpaired) electrons. The summed E-state index contributed by atoms with van der Waals surface area (Å²) < 4.78 is 33.6. The van der Waals surface area contributed by atoms with Gasteiger partial charge < -0.3 is 15.0 Å². The van der Waals surface area contributed by atoms with Crippen molar-refractivity contribution < 1.29 is 22.7 Å². The Hall–Kier alpha value is -3.37. The van der Waals surface area contributed by atoms with Crippen molar-refractivity contribution >= 4 is 43.5 Å². The Morgan fingerprint density at radius 3 is 2.29 bits per heavy atom. The molecule has 1 N–H and O–H groups in total. The lowest BCUT2D eigenvalue weighted by Crippen LogP contribution is -2.53. The van der Waals surface area contributed by atoms with E-state index in [1.54, 1.807) is 31.2 Å². The molecular weight excluding hydrogens is 606 g/mol. The van der Waals surface area contributed by atoms with Gasteiger partial charge in [-0.2, -0.15) is 0 Å². The number of rotatable bonds is 15. The zero-order valence-electron chi connectivity index (χ0n) is 23.8. The Balaban J connectivity index is 2.06. The Morgan fingerprint density at radius 2 is 1.63 bits per heavy atom. The third kappa shape index (κ3) is 9.60. The standard InChI is InChI=1S/C31H38BrN3O5S/c1-4-6-19-33-31(37)28(21-24-13-8-7-9-14-24)34(22-25-15-12-16-26(32)20-25)30(36)23-35(41(3,38)39)27-17-10-11-18-29(27)40-5-2/h7-18,20,28H,4-6,19,21-23H2,1-3H3,(H,33,37)/t28-/m0/s1. The van der Waals surface area contributed by atoms with Crippen LogP contribution in [0.4, 0.5) is 5.69 Å². The van der Waals surface area contributed by atoms with Crippen LogP contribution in [0, 0.1) is 0 Å². The monoisotopic (exact) mass is 643 g/mol. The Morgan fingerprint density at radius 1 is 0.951 bits per heavy atom. The highest BCUT2D eigenvalue weighted by Gasteiger charge is 2.33. The highest BCUT2D eigenvalue weighted by atomic mass is 79.9. The van der Waals surface area contributed by atoms with Crippen LogP contribution in [-0.2, 0) is 32.6 Å². The first-order valence-corrected chi connectivity index (χ1v) is 16.3. The third-order valence-corrected chi connectivity index (χ3v) is 8.08. The van der Waals surface area contributed by atoms with Gasteiger partial charge in [0, 0.05) is 24.0 Å². The average Bonchev–Trinajstić information content (AvgIpc) is 2.94. The van der Waals surface area contributed by atoms with E-state index in [0.717, 1.165) is 39.0 Å². The predicted octanol–water partition coefficient (Wildman–Crippen LogP) is 5.17. The molecule has 2 amide bonds. The van der Waals surface area contributed by atoms with E-state index in [-0.39, 0.29) is 24.6 Å². The summed E-state index contributed by atoms with van der Waals surface area (Å²) >= 11 is 3.49.